The molecule has 1 aliphatic rings. The van der Waals surface area contributed by atoms with E-state index in [1.54, 1.807) is 7.05 Å². The van der Waals surface area contributed by atoms with Crippen LogP contribution < -0.4 is 11.2 Å². The lowest BCUT2D eigenvalue weighted by molar-refractivity contribution is -0.00881. The maximum absolute atomic E-state index is 14.9. The number of ether oxygens (including phenoxy) is 1. The molecule has 1 atom stereocenters. The minimum atomic E-state index is -1.02. The van der Waals surface area contributed by atoms with Gasteiger partial charge < -0.3 is 9.30 Å². The quantitative estimate of drug-likeness (QED) is 0.465. The molecular formula is C25H23F2N3O3. The Labute approximate surface area is 188 Å². The Hall–Kier alpha value is -3.52. The Balaban J connectivity index is 2.03. The summed E-state index contributed by atoms with van der Waals surface area (Å²) >= 11 is 0. The van der Waals surface area contributed by atoms with Gasteiger partial charge in [-0.3, -0.25) is 13.9 Å². The van der Waals surface area contributed by atoms with Crippen LogP contribution in [0, 0.1) is 11.6 Å². The van der Waals surface area contributed by atoms with E-state index in [0.29, 0.717) is 22.3 Å². The molecule has 2 aromatic carbocycles. The molecule has 0 N–H and O–H groups in total. The summed E-state index contributed by atoms with van der Waals surface area (Å²) in [7, 11) is 3.00. The Bertz CT molecular complexity index is 1530. The van der Waals surface area contributed by atoms with Crippen molar-refractivity contribution in [2.45, 2.75) is 25.5 Å². The number of hydrogen-bond donors (Lipinski definition) is 0. The van der Waals surface area contributed by atoms with E-state index in [4.69, 9.17) is 4.74 Å². The molecule has 0 spiro atoms. The van der Waals surface area contributed by atoms with E-state index in [1.807, 2.05) is 48.7 Å². The van der Waals surface area contributed by atoms with Crippen molar-refractivity contribution in [1.29, 1.82) is 0 Å². The molecule has 6 nitrogen and oxygen atoms in total. The van der Waals surface area contributed by atoms with E-state index < -0.39 is 34.5 Å². The van der Waals surface area contributed by atoms with Crippen LogP contribution in [0.15, 0.2) is 58.1 Å². The summed E-state index contributed by atoms with van der Waals surface area (Å²) in [5.41, 5.74) is 0.598. The van der Waals surface area contributed by atoms with Crippen LogP contribution in [0.3, 0.4) is 0 Å². The van der Waals surface area contributed by atoms with Gasteiger partial charge in [0.25, 0.3) is 5.56 Å². The first-order valence-electron chi connectivity index (χ1n) is 10.6. The maximum Gasteiger partial charge on any atom is 0.331 e. The largest absolute Gasteiger partial charge is 0.365 e. The molecule has 0 unspecified atom stereocenters. The second-order valence-electron chi connectivity index (χ2n) is 9.01. The standard InChI is InChI=1S/C25H23F2N3O3/c1-25(2)13-33-22(15-11-8-12-16(26)18(15)27)21-20-17(23(31)29(4)24(32)28(20)3)19(30(21)25)14-9-6-5-7-10-14/h5-12,22H,13H2,1-4H3/t22-/m0/s1. The predicted molar refractivity (Wildman–Crippen MR) is 121 cm³/mol. The van der Waals surface area contributed by atoms with Crippen molar-refractivity contribution in [3.05, 3.63) is 92.3 Å². The zero-order chi connectivity index (χ0) is 23.7. The lowest BCUT2D eigenvalue weighted by atomic mass is 9.97. The van der Waals surface area contributed by atoms with E-state index in [9.17, 15) is 18.4 Å². The average molecular weight is 451 g/mol. The van der Waals surface area contributed by atoms with Gasteiger partial charge in [-0.15, -0.1) is 0 Å². The topological polar surface area (TPSA) is 58.2 Å². The summed E-state index contributed by atoms with van der Waals surface area (Å²) in [4.78, 5) is 26.4. The highest BCUT2D eigenvalue weighted by molar-refractivity contribution is 5.96. The molecule has 4 aromatic rings. The van der Waals surface area contributed by atoms with Gasteiger partial charge in [-0.2, -0.15) is 0 Å². The molecule has 3 heterocycles. The monoisotopic (exact) mass is 451 g/mol. The van der Waals surface area contributed by atoms with Crippen LogP contribution in [-0.4, -0.2) is 20.3 Å². The molecule has 5 rings (SSSR count). The molecular weight excluding hydrogens is 428 g/mol. The highest BCUT2D eigenvalue weighted by Gasteiger charge is 2.41. The number of hydrogen-bond acceptors (Lipinski definition) is 3. The van der Waals surface area contributed by atoms with E-state index in [1.165, 1.54) is 23.7 Å². The second-order valence-corrected chi connectivity index (χ2v) is 9.01. The van der Waals surface area contributed by atoms with Gasteiger partial charge in [0.15, 0.2) is 11.6 Å². The van der Waals surface area contributed by atoms with Gasteiger partial charge in [0.2, 0.25) is 0 Å². The van der Waals surface area contributed by atoms with E-state index in [-0.39, 0.29) is 12.2 Å². The fraction of sp³-hybridized carbons (Fsp3) is 0.280. The zero-order valence-electron chi connectivity index (χ0n) is 18.7. The SMILES string of the molecule is Cn1c(=O)c2c(-c3ccccc3)n3c(c2n(C)c1=O)[C@H](c1cccc(F)c1F)OCC3(C)C. The third kappa shape index (κ3) is 2.94. The second kappa shape index (κ2) is 7.25. The van der Waals surface area contributed by atoms with E-state index in [0.717, 1.165) is 16.2 Å². The summed E-state index contributed by atoms with van der Waals surface area (Å²) < 4.78 is 39.6. The Kier molecular flexibility index (Phi) is 4.68. The van der Waals surface area contributed by atoms with Crippen LogP contribution in [0.25, 0.3) is 22.2 Å². The van der Waals surface area contributed by atoms with Gasteiger partial charge in [0, 0.05) is 19.7 Å². The van der Waals surface area contributed by atoms with Crippen molar-refractivity contribution < 1.29 is 13.5 Å². The number of halogens is 2. The maximum atomic E-state index is 14.9. The number of rotatable bonds is 2. The number of aromatic nitrogens is 3. The Morgan fingerprint density at radius 2 is 1.67 bits per heavy atom. The molecule has 1 aliphatic heterocycles. The van der Waals surface area contributed by atoms with Crippen molar-refractivity contribution in [2.24, 2.45) is 14.1 Å². The molecule has 2 aromatic heterocycles. The highest BCUT2D eigenvalue weighted by atomic mass is 19.2. The summed E-state index contributed by atoms with van der Waals surface area (Å²) in [6, 6.07) is 13.3. The van der Waals surface area contributed by atoms with Crippen molar-refractivity contribution in [3.8, 4) is 11.3 Å². The zero-order valence-corrected chi connectivity index (χ0v) is 18.7. The van der Waals surface area contributed by atoms with Crippen LogP contribution in [0.2, 0.25) is 0 Å². The van der Waals surface area contributed by atoms with Gasteiger partial charge in [-0.05, 0) is 25.5 Å². The molecule has 0 saturated heterocycles. The molecule has 8 heteroatoms. The fourth-order valence-corrected chi connectivity index (χ4v) is 4.83. The summed E-state index contributed by atoms with van der Waals surface area (Å²) in [6.45, 7) is 4.08. The van der Waals surface area contributed by atoms with Gasteiger partial charge in [0.1, 0.15) is 6.10 Å². The van der Waals surface area contributed by atoms with Crippen LogP contribution in [0.5, 0.6) is 0 Å². The van der Waals surface area contributed by atoms with Gasteiger partial charge in [-0.25, -0.2) is 13.6 Å². The van der Waals surface area contributed by atoms with Crippen LogP contribution >= 0.6 is 0 Å². The number of aryl methyl sites for hydroxylation is 1. The van der Waals surface area contributed by atoms with Crippen LogP contribution in [0.4, 0.5) is 8.78 Å². The lowest BCUT2D eigenvalue weighted by Gasteiger charge is -2.39. The first-order valence-corrected chi connectivity index (χ1v) is 10.6. The minimum Gasteiger partial charge on any atom is -0.365 e. The average Bonchev–Trinajstić information content (AvgIpc) is 3.17. The summed E-state index contributed by atoms with van der Waals surface area (Å²) in [6.07, 6.45) is -1.01. The molecule has 0 radical (unpaired) electrons. The molecule has 170 valence electrons. The molecule has 33 heavy (non-hydrogen) atoms. The van der Waals surface area contributed by atoms with Gasteiger partial charge >= 0.3 is 5.69 Å². The van der Waals surface area contributed by atoms with Gasteiger partial charge in [-0.1, -0.05) is 42.5 Å². The van der Waals surface area contributed by atoms with Crippen molar-refractivity contribution >= 4 is 10.9 Å². The van der Waals surface area contributed by atoms with Crippen LogP contribution in [-0.2, 0) is 24.4 Å². The van der Waals surface area contributed by atoms with Crippen molar-refractivity contribution in [3.63, 3.8) is 0 Å². The Morgan fingerprint density at radius 3 is 2.36 bits per heavy atom. The van der Waals surface area contributed by atoms with Crippen molar-refractivity contribution in [2.75, 3.05) is 6.61 Å². The Morgan fingerprint density at radius 1 is 0.970 bits per heavy atom. The molecule has 0 fully saturated rings. The molecule has 0 bridgehead atoms. The van der Waals surface area contributed by atoms with Crippen LogP contribution in [0.1, 0.15) is 31.2 Å². The van der Waals surface area contributed by atoms with Gasteiger partial charge in [0.05, 0.1) is 34.4 Å². The molecule has 0 saturated carbocycles. The molecule has 0 amide bonds. The normalized spacial score (nSPS) is 17.3. The third-order valence-electron chi connectivity index (χ3n) is 6.38. The smallest absolute Gasteiger partial charge is 0.331 e. The van der Waals surface area contributed by atoms with E-state index in [2.05, 4.69) is 0 Å². The molecule has 0 aliphatic carbocycles. The lowest BCUT2D eigenvalue weighted by Crippen LogP contribution is -2.40. The first kappa shape index (κ1) is 21.3. The number of fused-ring (bicyclic) bond motifs is 3. The first-order chi connectivity index (χ1) is 15.6. The summed E-state index contributed by atoms with van der Waals surface area (Å²) in [5, 5.41) is 0.334. The van der Waals surface area contributed by atoms with E-state index >= 15 is 0 Å². The minimum absolute atomic E-state index is 0.0129. The third-order valence-corrected chi connectivity index (χ3v) is 6.38. The predicted octanol–water partition coefficient (Wildman–Crippen LogP) is 3.84. The number of benzene rings is 2. The summed E-state index contributed by atoms with van der Waals surface area (Å²) in [5.74, 6) is -2.00. The van der Waals surface area contributed by atoms with Crippen molar-refractivity contribution in [1.82, 2.24) is 13.7 Å². The fourth-order valence-electron chi connectivity index (χ4n) is 4.83. The highest BCUT2D eigenvalue weighted by Crippen LogP contribution is 2.45. The number of nitrogens with zero attached hydrogens (tertiary/aromatic N) is 3.